The number of rotatable bonds is 6. The lowest BCUT2D eigenvalue weighted by atomic mass is 10.1. The minimum atomic E-state index is 0.767. The van der Waals surface area contributed by atoms with Crippen LogP contribution in [-0.2, 0) is 6.54 Å². The third kappa shape index (κ3) is 4.72. The van der Waals surface area contributed by atoms with Gasteiger partial charge in [0.15, 0.2) is 0 Å². The summed E-state index contributed by atoms with van der Waals surface area (Å²) in [6.07, 6.45) is 0. The number of anilines is 1. The number of piperazine rings is 1. The van der Waals surface area contributed by atoms with E-state index < -0.39 is 0 Å². The van der Waals surface area contributed by atoms with Gasteiger partial charge in [-0.1, -0.05) is 32.9 Å². The molecule has 0 spiro atoms. The van der Waals surface area contributed by atoms with Gasteiger partial charge in [0.25, 0.3) is 0 Å². The summed E-state index contributed by atoms with van der Waals surface area (Å²) in [6, 6.07) is 6.91. The van der Waals surface area contributed by atoms with Gasteiger partial charge in [-0.2, -0.15) is 0 Å². The first-order chi connectivity index (χ1) is 10.1. The smallest absolute Gasteiger partial charge is 0.0397 e. The molecule has 2 rings (SSSR count). The van der Waals surface area contributed by atoms with Crippen LogP contribution in [0.5, 0.6) is 0 Å². The average molecular weight is 289 g/mol. The summed E-state index contributed by atoms with van der Waals surface area (Å²) in [6.45, 7) is 16.9. The van der Waals surface area contributed by atoms with Crippen LogP contribution in [0.1, 0.15) is 31.9 Å². The minimum Gasteiger partial charge on any atom is -0.369 e. The summed E-state index contributed by atoms with van der Waals surface area (Å²) in [5, 5.41) is 3.39. The molecule has 1 aliphatic rings. The van der Waals surface area contributed by atoms with Crippen LogP contribution >= 0.6 is 0 Å². The molecule has 1 fully saturated rings. The second-order valence-corrected chi connectivity index (χ2v) is 6.58. The number of aryl methyl sites for hydroxylation is 1. The average Bonchev–Trinajstić information content (AvgIpc) is 2.46. The number of hydrogen-bond acceptors (Lipinski definition) is 3. The van der Waals surface area contributed by atoms with E-state index >= 15 is 0 Å². The van der Waals surface area contributed by atoms with Gasteiger partial charge in [0.1, 0.15) is 0 Å². The first-order valence-electron chi connectivity index (χ1n) is 8.37. The zero-order valence-electron chi connectivity index (χ0n) is 14.2. The minimum absolute atomic E-state index is 0.767. The Bertz CT molecular complexity index is 434. The van der Waals surface area contributed by atoms with Crippen LogP contribution in [0, 0.1) is 12.8 Å². The van der Waals surface area contributed by atoms with E-state index in [4.69, 9.17) is 0 Å². The third-order valence-corrected chi connectivity index (χ3v) is 4.18. The second kappa shape index (κ2) is 7.81. The quantitative estimate of drug-likeness (QED) is 0.869. The SMILES string of the molecule is CCNCc1ccc(N2CCN(CC(C)C)CC2)c(C)c1. The molecule has 0 atom stereocenters. The Kier molecular flexibility index (Phi) is 6.07. The Morgan fingerprint density at radius 1 is 1.14 bits per heavy atom. The van der Waals surface area contributed by atoms with E-state index in [1.807, 2.05) is 0 Å². The molecule has 1 aromatic rings. The molecule has 0 amide bonds. The summed E-state index contributed by atoms with van der Waals surface area (Å²) in [4.78, 5) is 5.14. The van der Waals surface area contributed by atoms with E-state index in [1.54, 1.807) is 0 Å². The molecule has 21 heavy (non-hydrogen) atoms. The monoisotopic (exact) mass is 289 g/mol. The normalized spacial score (nSPS) is 16.7. The third-order valence-electron chi connectivity index (χ3n) is 4.18. The van der Waals surface area contributed by atoms with Crippen LogP contribution in [0.2, 0.25) is 0 Å². The number of hydrogen-bond donors (Lipinski definition) is 1. The number of benzene rings is 1. The van der Waals surface area contributed by atoms with Gasteiger partial charge >= 0.3 is 0 Å². The Morgan fingerprint density at radius 2 is 1.86 bits per heavy atom. The van der Waals surface area contributed by atoms with Crippen molar-refractivity contribution in [2.45, 2.75) is 34.2 Å². The highest BCUT2D eigenvalue weighted by Gasteiger charge is 2.18. The Labute approximate surface area is 130 Å². The van der Waals surface area contributed by atoms with Crippen molar-refractivity contribution in [3.8, 4) is 0 Å². The lowest BCUT2D eigenvalue weighted by molar-refractivity contribution is 0.231. The van der Waals surface area contributed by atoms with E-state index in [0.29, 0.717) is 0 Å². The molecule has 3 nitrogen and oxygen atoms in total. The maximum Gasteiger partial charge on any atom is 0.0397 e. The molecule has 0 radical (unpaired) electrons. The van der Waals surface area contributed by atoms with E-state index in [-0.39, 0.29) is 0 Å². The van der Waals surface area contributed by atoms with Gasteiger partial charge in [-0.15, -0.1) is 0 Å². The second-order valence-electron chi connectivity index (χ2n) is 6.58. The lowest BCUT2D eigenvalue weighted by Gasteiger charge is -2.37. The molecule has 0 aliphatic carbocycles. The molecule has 1 saturated heterocycles. The van der Waals surface area contributed by atoms with E-state index in [2.05, 4.69) is 61.0 Å². The fourth-order valence-corrected chi connectivity index (χ4v) is 3.14. The van der Waals surface area contributed by atoms with Gasteiger partial charge in [-0.3, -0.25) is 4.90 Å². The molecule has 0 saturated carbocycles. The van der Waals surface area contributed by atoms with Crippen LogP contribution < -0.4 is 10.2 Å². The molecule has 0 aromatic heterocycles. The highest BCUT2D eigenvalue weighted by molar-refractivity contribution is 5.54. The maximum absolute atomic E-state index is 3.39. The zero-order valence-corrected chi connectivity index (χ0v) is 14.2. The molecular formula is C18H31N3. The van der Waals surface area contributed by atoms with Crippen LogP contribution in [-0.4, -0.2) is 44.2 Å². The molecule has 0 bridgehead atoms. The lowest BCUT2D eigenvalue weighted by Crippen LogP contribution is -2.47. The summed E-state index contributed by atoms with van der Waals surface area (Å²) in [5.74, 6) is 0.767. The van der Waals surface area contributed by atoms with Gasteiger partial charge in [0, 0.05) is 45.0 Å². The summed E-state index contributed by atoms with van der Waals surface area (Å²) >= 11 is 0. The van der Waals surface area contributed by atoms with Crippen molar-refractivity contribution in [3.63, 3.8) is 0 Å². The van der Waals surface area contributed by atoms with Crippen LogP contribution in [0.3, 0.4) is 0 Å². The van der Waals surface area contributed by atoms with Crippen molar-refractivity contribution < 1.29 is 0 Å². The Morgan fingerprint density at radius 3 is 2.43 bits per heavy atom. The van der Waals surface area contributed by atoms with Crippen molar-refractivity contribution >= 4 is 5.69 Å². The predicted octanol–water partition coefficient (Wildman–Crippen LogP) is 2.88. The fraction of sp³-hybridized carbons (Fsp3) is 0.667. The van der Waals surface area contributed by atoms with Gasteiger partial charge < -0.3 is 10.2 Å². The summed E-state index contributed by atoms with van der Waals surface area (Å²) < 4.78 is 0. The van der Waals surface area contributed by atoms with E-state index in [0.717, 1.165) is 32.1 Å². The zero-order chi connectivity index (χ0) is 15.2. The fourth-order valence-electron chi connectivity index (χ4n) is 3.14. The first-order valence-corrected chi connectivity index (χ1v) is 8.37. The van der Waals surface area contributed by atoms with Crippen molar-refractivity contribution in [2.24, 2.45) is 5.92 Å². The Hall–Kier alpha value is -1.06. The molecular weight excluding hydrogens is 258 g/mol. The van der Waals surface area contributed by atoms with Gasteiger partial charge in [0.05, 0.1) is 0 Å². The maximum atomic E-state index is 3.39. The highest BCUT2D eigenvalue weighted by atomic mass is 15.3. The van der Waals surface area contributed by atoms with Crippen molar-refractivity contribution in [1.29, 1.82) is 0 Å². The molecule has 118 valence electrons. The van der Waals surface area contributed by atoms with Gasteiger partial charge in [-0.25, -0.2) is 0 Å². The molecule has 0 unspecified atom stereocenters. The topological polar surface area (TPSA) is 18.5 Å². The standard InChI is InChI=1S/C18H31N3/c1-5-19-13-17-6-7-18(16(4)12-17)21-10-8-20(9-11-21)14-15(2)3/h6-7,12,15,19H,5,8-11,13-14H2,1-4H3. The summed E-state index contributed by atoms with van der Waals surface area (Å²) in [7, 11) is 0. The van der Waals surface area contributed by atoms with Crippen molar-refractivity contribution in [3.05, 3.63) is 29.3 Å². The highest BCUT2D eigenvalue weighted by Crippen LogP contribution is 2.23. The number of nitrogens with one attached hydrogen (secondary N) is 1. The van der Waals surface area contributed by atoms with Crippen molar-refractivity contribution in [2.75, 3.05) is 44.2 Å². The Balaban J connectivity index is 1.94. The number of nitrogens with zero attached hydrogens (tertiary/aromatic N) is 2. The molecule has 3 heteroatoms. The molecule has 1 N–H and O–H groups in total. The molecule has 1 aliphatic heterocycles. The van der Waals surface area contributed by atoms with Gasteiger partial charge in [0.2, 0.25) is 0 Å². The first kappa shape index (κ1) is 16.3. The van der Waals surface area contributed by atoms with E-state index in [1.165, 1.54) is 36.4 Å². The van der Waals surface area contributed by atoms with Gasteiger partial charge in [-0.05, 0) is 36.6 Å². The van der Waals surface area contributed by atoms with Crippen molar-refractivity contribution in [1.82, 2.24) is 10.2 Å². The largest absolute Gasteiger partial charge is 0.369 e. The van der Waals surface area contributed by atoms with Crippen LogP contribution in [0.4, 0.5) is 5.69 Å². The predicted molar refractivity (Wildman–Crippen MR) is 92.1 cm³/mol. The van der Waals surface area contributed by atoms with Crippen LogP contribution in [0.25, 0.3) is 0 Å². The van der Waals surface area contributed by atoms with Crippen LogP contribution in [0.15, 0.2) is 18.2 Å². The molecule has 1 aromatic carbocycles. The van der Waals surface area contributed by atoms with E-state index in [9.17, 15) is 0 Å². The molecule has 1 heterocycles. The summed E-state index contributed by atoms with van der Waals surface area (Å²) in [5.41, 5.74) is 4.21.